The quantitative estimate of drug-likeness (QED) is 0.0937. The molecule has 5 aromatic rings. The number of anilines is 2. The molecule has 5 aromatic carbocycles. The first-order valence-corrected chi connectivity index (χ1v) is 19.9. The number of esters is 2. The molecule has 0 bridgehead atoms. The summed E-state index contributed by atoms with van der Waals surface area (Å²) in [5, 5.41) is 12.0. The fourth-order valence-corrected chi connectivity index (χ4v) is 7.10. The van der Waals surface area contributed by atoms with Crippen LogP contribution in [-0.4, -0.2) is 75.2 Å². The number of rotatable bonds is 5. The summed E-state index contributed by atoms with van der Waals surface area (Å²) in [6, 6.07) is 36.6. The SMILES string of the molecule is COC(=O)c1ccc2c(c1)O[C@H](C)CN(c1ccccc1)C2.COC(=O)c1ccc2c(c1)O[C@H](C)CNC2.C[C@@H]1CN(c2ccccc2)Cc2ccc(C(=O)NO)cc2O1. The fraction of sp³-hybridized carbons (Fsp3) is 0.298. The highest BCUT2D eigenvalue weighted by atomic mass is 16.5. The lowest BCUT2D eigenvalue weighted by Gasteiger charge is -2.24. The van der Waals surface area contributed by atoms with E-state index in [2.05, 4.69) is 44.1 Å². The van der Waals surface area contributed by atoms with E-state index in [0.717, 1.165) is 66.6 Å². The van der Waals surface area contributed by atoms with Gasteiger partial charge in [0.05, 0.1) is 38.4 Å². The van der Waals surface area contributed by atoms with E-state index >= 15 is 0 Å². The lowest BCUT2D eigenvalue weighted by atomic mass is 10.1. The van der Waals surface area contributed by atoms with Gasteiger partial charge in [0, 0.05) is 59.8 Å². The molecule has 3 aliphatic heterocycles. The van der Waals surface area contributed by atoms with Crippen molar-refractivity contribution in [3.05, 3.63) is 149 Å². The van der Waals surface area contributed by atoms with Gasteiger partial charge in [0.2, 0.25) is 0 Å². The summed E-state index contributed by atoms with van der Waals surface area (Å²) in [7, 11) is 2.76. The van der Waals surface area contributed by atoms with Crippen molar-refractivity contribution >= 4 is 29.2 Å². The molecule has 0 unspecified atom stereocenters. The second-order valence-electron chi connectivity index (χ2n) is 14.7. The predicted octanol–water partition coefficient (Wildman–Crippen LogP) is 7.20. The molecular formula is C47H52N4O9. The van der Waals surface area contributed by atoms with Crippen molar-refractivity contribution < 1.29 is 43.3 Å². The molecule has 0 aliphatic carbocycles. The summed E-state index contributed by atoms with van der Waals surface area (Å²) in [4.78, 5) is 39.1. The summed E-state index contributed by atoms with van der Waals surface area (Å²) in [6.45, 7) is 10.6. The van der Waals surface area contributed by atoms with Crippen molar-refractivity contribution in [2.45, 2.75) is 58.7 Å². The summed E-state index contributed by atoms with van der Waals surface area (Å²) >= 11 is 0. The number of carbonyl (C=O) groups is 3. The third-order valence-electron chi connectivity index (χ3n) is 10.1. The Balaban J connectivity index is 0.000000153. The summed E-state index contributed by atoms with van der Waals surface area (Å²) in [5.74, 6) is 0.990. The third-order valence-corrected chi connectivity index (χ3v) is 10.1. The topological polar surface area (TPSA) is 148 Å². The lowest BCUT2D eigenvalue weighted by Crippen LogP contribution is -2.30. The van der Waals surface area contributed by atoms with E-state index in [1.807, 2.05) is 75.4 Å². The number of hydrogen-bond donors (Lipinski definition) is 3. The molecule has 13 heteroatoms. The van der Waals surface area contributed by atoms with Gasteiger partial charge in [0.15, 0.2) is 0 Å². The van der Waals surface area contributed by atoms with Crippen LogP contribution in [0.25, 0.3) is 0 Å². The van der Waals surface area contributed by atoms with Crippen molar-refractivity contribution in [1.29, 1.82) is 0 Å². The second-order valence-corrected chi connectivity index (χ2v) is 14.7. The molecule has 8 rings (SSSR count). The molecule has 3 aliphatic rings. The zero-order valence-electron chi connectivity index (χ0n) is 34.6. The number of methoxy groups -OCH3 is 2. The van der Waals surface area contributed by atoms with Crippen LogP contribution in [0.15, 0.2) is 115 Å². The van der Waals surface area contributed by atoms with Crippen molar-refractivity contribution in [1.82, 2.24) is 10.8 Å². The van der Waals surface area contributed by atoms with Gasteiger partial charge in [-0.15, -0.1) is 0 Å². The zero-order chi connectivity index (χ0) is 42.6. The van der Waals surface area contributed by atoms with Crippen LogP contribution in [0.5, 0.6) is 17.2 Å². The number of nitrogens with one attached hydrogen (secondary N) is 2. The maximum atomic E-state index is 11.7. The molecule has 0 spiro atoms. The largest absolute Gasteiger partial charge is 0.489 e. The molecule has 13 nitrogen and oxygen atoms in total. The minimum Gasteiger partial charge on any atom is -0.489 e. The van der Waals surface area contributed by atoms with Gasteiger partial charge in [-0.05, 0) is 81.4 Å². The van der Waals surface area contributed by atoms with Crippen LogP contribution in [0, 0.1) is 0 Å². The van der Waals surface area contributed by atoms with Gasteiger partial charge in [0.1, 0.15) is 35.6 Å². The number of nitrogens with zero attached hydrogens (tertiary/aromatic N) is 2. The highest BCUT2D eigenvalue weighted by Gasteiger charge is 2.23. The van der Waals surface area contributed by atoms with E-state index in [0.29, 0.717) is 29.0 Å². The first-order valence-electron chi connectivity index (χ1n) is 19.9. The summed E-state index contributed by atoms with van der Waals surface area (Å²) in [5.41, 5.74) is 8.52. The molecule has 0 saturated carbocycles. The number of para-hydroxylation sites is 2. The van der Waals surface area contributed by atoms with Gasteiger partial charge in [-0.1, -0.05) is 54.6 Å². The Labute approximate surface area is 350 Å². The van der Waals surface area contributed by atoms with Crippen LogP contribution >= 0.6 is 0 Å². The first kappa shape index (κ1) is 43.0. The average Bonchev–Trinajstić information content (AvgIpc) is 3.66. The van der Waals surface area contributed by atoms with Gasteiger partial charge in [-0.25, -0.2) is 15.1 Å². The normalized spacial score (nSPS) is 17.7. The van der Waals surface area contributed by atoms with E-state index < -0.39 is 5.91 Å². The number of benzene rings is 5. The van der Waals surface area contributed by atoms with Gasteiger partial charge >= 0.3 is 11.9 Å². The molecule has 0 aromatic heterocycles. The zero-order valence-corrected chi connectivity index (χ0v) is 34.6. The second kappa shape index (κ2) is 20.4. The van der Waals surface area contributed by atoms with Crippen LogP contribution in [0.1, 0.15) is 68.5 Å². The Morgan fingerprint density at radius 2 is 1.02 bits per heavy atom. The first-order chi connectivity index (χ1) is 29.0. The number of ether oxygens (including phenoxy) is 5. The molecule has 0 saturated heterocycles. The average molecular weight is 817 g/mol. The summed E-state index contributed by atoms with van der Waals surface area (Å²) in [6.07, 6.45) is 0.136. The predicted molar refractivity (Wildman–Crippen MR) is 228 cm³/mol. The van der Waals surface area contributed by atoms with Crippen molar-refractivity contribution in [2.75, 3.05) is 43.7 Å². The molecule has 1 amide bonds. The van der Waals surface area contributed by atoms with Gasteiger partial charge < -0.3 is 38.8 Å². The maximum Gasteiger partial charge on any atom is 0.337 e. The van der Waals surface area contributed by atoms with Crippen LogP contribution in [0.2, 0.25) is 0 Å². The standard InChI is InChI=1S/C18H19NO3.C17H18N2O3.C12H15NO3/c1-13-11-19(16-6-4-3-5-7-16)12-15-9-8-14(18(20)21-2)10-17(15)22-13;1-12-10-19(15-5-3-2-4-6-15)11-14-8-7-13(17(20)18-21)9-16(14)22-12;1-8-6-13-7-10-4-3-9(12(14)15-2)5-11(10)16-8/h3-10,13H,11-12H2,1-2H3;2-9,12,21H,10-11H2,1H3,(H,18,20);3-5,8,13H,6-7H2,1-2H3/t13-;12-;8-/m111/s1. The molecule has 3 heterocycles. The Hall–Kier alpha value is -6.57. The van der Waals surface area contributed by atoms with Crippen LogP contribution in [0.3, 0.4) is 0 Å². The van der Waals surface area contributed by atoms with Gasteiger partial charge in [-0.3, -0.25) is 10.0 Å². The Morgan fingerprint density at radius 3 is 1.48 bits per heavy atom. The van der Waals surface area contributed by atoms with Crippen molar-refractivity contribution in [3.63, 3.8) is 0 Å². The van der Waals surface area contributed by atoms with Crippen LogP contribution in [-0.2, 0) is 29.1 Å². The van der Waals surface area contributed by atoms with Gasteiger partial charge in [0.25, 0.3) is 5.91 Å². The third kappa shape index (κ3) is 11.1. The Bertz CT molecular complexity index is 2120. The molecule has 314 valence electrons. The molecule has 60 heavy (non-hydrogen) atoms. The smallest absolute Gasteiger partial charge is 0.337 e. The van der Waals surface area contributed by atoms with Crippen molar-refractivity contribution in [2.24, 2.45) is 0 Å². The highest BCUT2D eigenvalue weighted by Crippen LogP contribution is 2.31. The minimum atomic E-state index is -0.539. The Kier molecular flexibility index (Phi) is 14.6. The molecule has 0 radical (unpaired) electrons. The van der Waals surface area contributed by atoms with E-state index in [1.54, 1.807) is 41.9 Å². The minimum absolute atomic E-state index is 0.00565. The van der Waals surface area contributed by atoms with E-state index in [1.165, 1.54) is 19.9 Å². The van der Waals surface area contributed by atoms with E-state index in [9.17, 15) is 14.4 Å². The van der Waals surface area contributed by atoms with E-state index in [4.69, 9.17) is 24.2 Å². The summed E-state index contributed by atoms with van der Waals surface area (Å²) < 4.78 is 27.1. The van der Waals surface area contributed by atoms with E-state index in [-0.39, 0.29) is 30.3 Å². The van der Waals surface area contributed by atoms with Crippen LogP contribution < -0.4 is 34.8 Å². The molecule has 3 atom stereocenters. The van der Waals surface area contributed by atoms with Gasteiger partial charge in [-0.2, -0.15) is 0 Å². The number of hydroxylamine groups is 1. The number of carbonyl (C=O) groups excluding carboxylic acids is 3. The molecule has 0 fully saturated rings. The molecule has 3 N–H and O–H groups in total. The number of hydrogen-bond acceptors (Lipinski definition) is 12. The monoisotopic (exact) mass is 816 g/mol. The molecular weight excluding hydrogens is 765 g/mol. The van der Waals surface area contributed by atoms with Crippen molar-refractivity contribution in [3.8, 4) is 17.2 Å². The lowest BCUT2D eigenvalue weighted by molar-refractivity contribution is 0.0591. The number of fused-ring (bicyclic) bond motifs is 3. The highest BCUT2D eigenvalue weighted by molar-refractivity contribution is 5.94. The Morgan fingerprint density at radius 1 is 0.600 bits per heavy atom. The maximum absolute atomic E-state index is 11.7. The number of amides is 1. The fourth-order valence-electron chi connectivity index (χ4n) is 7.10. The van der Waals surface area contributed by atoms with Crippen LogP contribution in [0.4, 0.5) is 11.4 Å².